The molecule has 1 saturated heterocycles. The van der Waals surface area contributed by atoms with Gasteiger partial charge in [0, 0.05) is 0 Å². The van der Waals surface area contributed by atoms with Crippen molar-refractivity contribution >= 4 is 5.91 Å². The number of amides is 1. The predicted molar refractivity (Wildman–Crippen MR) is 46.6 cm³/mol. The van der Waals surface area contributed by atoms with E-state index in [4.69, 9.17) is 5.11 Å². The van der Waals surface area contributed by atoms with Crippen molar-refractivity contribution in [3.63, 3.8) is 0 Å². The summed E-state index contributed by atoms with van der Waals surface area (Å²) in [7, 11) is 0. The van der Waals surface area contributed by atoms with Gasteiger partial charge in [-0.1, -0.05) is 18.9 Å². The smallest absolute Gasteiger partial charge is 0.243 e. The van der Waals surface area contributed by atoms with E-state index in [9.17, 15) is 4.79 Å². The number of unbranched alkanes of at least 4 members (excludes halogenated alkanes) is 1. The lowest BCUT2D eigenvalue weighted by atomic mass is 10.1. The highest BCUT2D eigenvalue weighted by Gasteiger charge is 2.31. The third-order valence-corrected chi connectivity index (χ3v) is 2.06. The molecule has 0 aromatic heterocycles. The van der Waals surface area contributed by atoms with E-state index < -0.39 is 0 Å². The van der Waals surface area contributed by atoms with Crippen LogP contribution in [0.25, 0.3) is 0 Å². The van der Waals surface area contributed by atoms with Crippen molar-refractivity contribution in [2.45, 2.75) is 37.8 Å². The van der Waals surface area contributed by atoms with Crippen LogP contribution in [0.4, 0.5) is 0 Å². The van der Waals surface area contributed by atoms with Gasteiger partial charge in [-0.2, -0.15) is 0 Å². The lowest BCUT2D eigenvalue weighted by Crippen LogP contribution is -2.01. The van der Waals surface area contributed by atoms with Crippen LogP contribution in [0.1, 0.15) is 25.7 Å². The molecule has 0 saturated carbocycles. The lowest BCUT2D eigenvalue weighted by Gasteiger charge is -2.02. The minimum atomic E-state index is -0.382. The van der Waals surface area contributed by atoms with Gasteiger partial charge in [0.25, 0.3) is 0 Å². The zero-order chi connectivity index (χ0) is 8.97. The normalized spacial score (nSPS) is 23.1. The van der Waals surface area contributed by atoms with Crippen LogP contribution in [0.5, 0.6) is 0 Å². The highest BCUT2D eigenvalue weighted by molar-refractivity contribution is 5.96. The van der Waals surface area contributed by atoms with Gasteiger partial charge < -0.3 is 10.4 Å². The Labute approximate surface area is 72.5 Å². The van der Waals surface area contributed by atoms with Gasteiger partial charge in [0.15, 0.2) is 0 Å². The van der Waals surface area contributed by atoms with E-state index in [1.807, 2.05) is 0 Å². The molecule has 0 radical (unpaired) electrons. The molecule has 2 atom stereocenters. The van der Waals surface area contributed by atoms with Crippen LogP contribution < -0.4 is 5.32 Å². The van der Waals surface area contributed by atoms with Crippen molar-refractivity contribution in [2.75, 3.05) is 0 Å². The lowest BCUT2D eigenvalue weighted by molar-refractivity contribution is -0.111. The van der Waals surface area contributed by atoms with E-state index in [1.165, 1.54) is 0 Å². The van der Waals surface area contributed by atoms with Gasteiger partial charge in [-0.25, -0.2) is 0 Å². The molecular formula is C9H15NO2. The number of hydrogen-bond acceptors (Lipinski definition) is 2. The fourth-order valence-electron chi connectivity index (χ4n) is 1.15. The maximum absolute atomic E-state index is 10.5. The summed E-state index contributed by atoms with van der Waals surface area (Å²) in [5.41, 5.74) is 0. The molecule has 0 aromatic rings. The van der Waals surface area contributed by atoms with Crippen molar-refractivity contribution in [1.29, 1.82) is 0 Å². The summed E-state index contributed by atoms with van der Waals surface area (Å²) >= 11 is 0. The Balaban J connectivity index is 1.89. The fourth-order valence-corrected chi connectivity index (χ4v) is 1.15. The summed E-state index contributed by atoms with van der Waals surface area (Å²) in [5, 5.41) is 11.8. The third kappa shape index (κ3) is 3.05. The van der Waals surface area contributed by atoms with Crippen LogP contribution in [0, 0.1) is 0 Å². The van der Waals surface area contributed by atoms with Crippen LogP contribution in [0.3, 0.4) is 0 Å². The molecule has 1 fully saturated rings. The molecule has 3 nitrogen and oxygen atoms in total. The van der Waals surface area contributed by atoms with Gasteiger partial charge in [-0.05, 0) is 12.8 Å². The quantitative estimate of drug-likeness (QED) is 0.347. The molecule has 1 amide bonds. The van der Waals surface area contributed by atoms with E-state index in [0.717, 1.165) is 25.7 Å². The number of carbonyl (C=O) groups excluding carboxylic acids is 1. The van der Waals surface area contributed by atoms with Gasteiger partial charge in [0.2, 0.25) is 5.91 Å². The zero-order valence-corrected chi connectivity index (χ0v) is 7.12. The second kappa shape index (κ2) is 4.26. The Kier molecular flexibility index (Phi) is 3.29. The zero-order valence-electron chi connectivity index (χ0n) is 7.12. The number of nitrogens with one attached hydrogen (secondary N) is 1. The first kappa shape index (κ1) is 9.26. The van der Waals surface area contributed by atoms with E-state index in [-0.39, 0.29) is 18.1 Å². The molecule has 1 rings (SSSR count). The molecule has 2 N–H and O–H groups in total. The topological polar surface area (TPSA) is 59.2 Å². The first-order valence-corrected chi connectivity index (χ1v) is 4.35. The fraction of sp³-hybridized carbons (Fsp3) is 0.667. The largest absolute Gasteiger partial charge is 0.389 e. The van der Waals surface area contributed by atoms with Crippen LogP contribution >= 0.6 is 0 Å². The van der Waals surface area contributed by atoms with Gasteiger partial charge in [-0.3, -0.25) is 4.79 Å². The minimum absolute atomic E-state index is 0.117. The number of hydrogen-bond donors (Lipinski definition) is 2. The molecule has 2 unspecified atom stereocenters. The molecule has 12 heavy (non-hydrogen) atoms. The van der Waals surface area contributed by atoms with Crippen molar-refractivity contribution < 1.29 is 9.90 Å². The molecule has 68 valence electrons. The monoisotopic (exact) mass is 169 g/mol. The second-order valence-corrected chi connectivity index (χ2v) is 3.15. The molecule has 1 aliphatic rings. The number of carbonyl (C=O) groups is 1. The highest BCUT2D eigenvalue weighted by Crippen LogP contribution is 2.12. The van der Waals surface area contributed by atoms with E-state index in [0.29, 0.717) is 0 Å². The van der Waals surface area contributed by atoms with Crippen LogP contribution in [0.2, 0.25) is 0 Å². The average molecular weight is 169 g/mol. The highest BCUT2D eigenvalue weighted by atomic mass is 16.3. The van der Waals surface area contributed by atoms with Crippen LogP contribution in [-0.2, 0) is 4.79 Å². The van der Waals surface area contributed by atoms with Crippen LogP contribution in [-0.4, -0.2) is 23.2 Å². The summed E-state index contributed by atoms with van der Waals surface area (Å²) in [6.07, 6.45) is 4.77. The Hall–Kier alpha value is -0.830. The molecular weight excluding hydrogens is 154 g/mol. The SMILES string of the molecule is C=CC(O)CCCCC1NC1=O. The summed E-state index contributed by atoms with van der Waals surface area (Å²) in [6, 6.07) is 0.117. The molecule has 1 heterocycles. The maximum atomic E-state index is 10.5. The summed E-state index contributed by atoms with van der Waals surface area (Å²) in [4.78, 5) is 10.5. The number of aliphatic hydroxyl groups excluding tert-OH is 1. The molecule has 0 bridgehead atoms. The molecule has 0 spiro atoms. The second-order valence-electron chi connectivity index (χ2n) is 3.15. The maximum Gasteiger partial charge on any atom is 0.243 e. The standard InChI is InChI=1S/C9H15NO2/c1-2-7(11)5-3-4-6-8-9(12)10-8/h2,7-8,11H,1,3-6H2,(H,10,12). The number of aliphatic hydroxyl groups is 1. The van der Waals surface area contributed by atoms with Gasteiger partial charge in [0.05, 0.1) is 6.10 Å². The summed E-state index contributed by atoms with van der Waals surface area (Å²) in [5.74, 6) is 0.166. The van der Waals surface area contributed by atoms with Gasteiger partial charge in [-0.15, -0.1) is 6.58 Å². The molecule has 0 aromatic carbocycles. The van der Waals surface area contributed by atoms with Crippen molar-refractivity contribution in [3.8, 4) is 0 Å². The van der Waals surface area contributed by atoms with E-state index in [2.05, 4.69) is 11.9 Å². The van der Waals surface area contributed by atoms with E-state index in [1.54, 1.807) is 6.08 Å². The molecule has 1 aliphatic heterocycles. The minimum Gasteiger partial charge on any atom is -0.389 e. The Bertz CT molecular complexity index is 175. The molecule has 3 heteroatoms. The molecule has 0 aliphatic carbocycles. The van der Waals surface area contributed by atoms with Crippen molar-refractivity contribution in [2.24, 2.45) is 0 Å². The van der Waals surface area contributed by atoms with Gasteiger partial charge in [0.1, 0.15) is 6.04 Å². The third-order valence-electron chi connectivity index (χ3n) is 2.06. The number of rotatable bonds is 6. The Morgan fingerprint density at radius 3 is 2.83 bits per heavy atom. The Morgan fingerprint density at radius 1 is 1.67 bits per heavy atom. The van der Waals surface area contributed by atoms with Crippen molar-refractivity contribution in [1.82, 2.24) is 5.32 Å². The first-order chi connectivity index (χ1) is 5.74. The average Bonchev–Trinajstić information content (AvgIpc) is 2.75. The first-order valence-electron chi connectivity index (χ1n) is 4.35. The van der Waals surface area contributed by atoms with E-state index >= 15 is 0 Å². The van der Waals surface area contributed by atoms with Crippen molar-refractivity contribution in [3.05, 3.63) is 12.7 Å². The summed E-state index contributed by atoms with van der Waals surface area (Å²) in [6.45, 7) is 3.48. The Morgan fingerprint density at radius 2 is 2.33 bits per heavy atom. The van der Waals surface area contributed by atoms with Gasteiger partial charge >= 0.3 is 0 Å². The predicted octanol–water partition coefficient (Wildman–Crippen LogP) is 0.592. The van der Waals surface area contributed by atoms with Crippen LogP contribution in [0.15, 0.2) is 12.7 Å². The summed E-state index contributed by atoms with van der Waals surface area (Å²) < 4.78 is 0.